The van der Waals surface area contributed by atoms with E-state index in [0.29, 0.717) is 0 Å². The molecule has 0 saturated heterocycles. The van der Waals surface area contributed by atoms with Crippen LogP contribution in [0.3, 0.4) is 0 Å². The average Bonchev–Trinajstić information content (AvgIpc) is 2.38. The molecule has 0 bridgehead atoms. The van der Waals surface area contributed by atoms with Crippen LogP contribution in [0.15, 0.2) is 36.4 Å². The fourth-order valence-electron chi connectivity index (χ4n) is 2.38. The second-order valence-electron chi connectivity index (χ2n) is 5.07. The van der Waals surface area contributed by atoms with Gasteiger partial charge in [-0.1, -0.05) is 35.9 Å². The summed E-state index contributed by atoms with van der Waals surface area (Å²) in [5.41, 5.74) is 12.2. The molecular formula is C17H21NO. The van der Waals surface area contributed by atoms with Crippen LogP contribution in [0.5, 0.6) is 5.75 Å². The Morgan fingerprint density at radius 1 is 0.947 bits per heavy atom. The van der Waals surface area contributed by atoms with E-state index in [-0.39, 0.29) is 6.04 Å². The number of hydrogen-bond acceptors (Lipinski definition) is 2. The topological polar surface area (TPSA) is 35.2 Å². The molecule has 2 N–H and O–H groups in total. The zero-order valence-electron chi connectivity index (χ0n) is 12.0. The molecule has 0 amide bonds. The molecule has 2 aromatic rings. The van der Waals surface area contributed by atoms with Crippen molar-refractivity contribution in [1.82, 2.24) is 0 Å². The second-order valence-corrected chi connectivity index (χ2v) is 5.07. The number of benzene rings is 2. The summed E-state index contributed by atoms with van der Waals surface area (Å²) >= 11 is 0. The molecule has 0 aliphatic carbocycles. The fraction of sp³-hybridized carbons (Fsp3) is 0.294. The molecule has 0 aromatic heterocycles. The lowest BCUT2D eigenvalue weighted by atomic mass is 9.94. The van der Waals surface area contributed by atoms with Crippen LogP contribution in [0.4, 0.5) is 0 Å². The Bertz CT molecular complexity index is 590. The molecule has 0 aliphatic heterocycles. The van der Waals surface area contributed by atoms with Crippen LogP contribution in [-0.2, 0) is 0 Å². The van der Waals surface area contributed by atoms with Crippen molar-refractivity contribution in [1.29, 1.82) is 0 Å². The summed E-state index contributed by atoms with van der Waals surface area (Å²) in [5, 5.41) is 0. The van der Waals surface area contributed by atoms with Gasteiger partial charge in [-0.25, -0.2) is 0 Å². The minimum atomic E-state index is -0.116. The maximum Gasteiger partial charge on any atom is 0.122 e. The summed E-state index contributed by atoms with van der Waals surface area (Å²) < 4.78 is 5.37. The quantitative estimate of drug-likeness (QED) is 0.908. The Labute approximate surface area is 115 Å². The van der Waals surface area contributed by atoms with Crippen LogP contribution < -0.4 is 10.5 Å². The highest BCUT2D eigenvalue weighted by molar-refractivity contribution is 5.43. The summed E-state index contributed by atoms with van der Waals surface area (Å²) in [6.07, 6.45) is 0. The van der Waals surface area contributed by atoms with Gasteiger partial charge in [0, 0.05) is 0 Å². The van der Waals surface area contributed by atoms with Gasteiger partial charge in [0.2, 0.25) is 0 Å². The lowest BCUT2D eigenvalue weighted by Gasteiger charge is -2.17. The number of nitrogens with two attached hydrogens (primary N) is 1. The molecule has 0 heterocycles. The molecule has 0 radical (unpaired) electrons. The summed E-state index contributed by atoms with van der Waals surface area (Å²) in [5.74, 6) is 0.887. The third kappa shape index (κ3) is 2.79. The van der Waals surface area contributed by atoms with E-state index < -0.39 is 0 Å². The van der Waals surface area contributed by atoms with Crippen molar-refractivity contribution in [2.75, 3.05) is 7.11 Å². The van der Waals surface area contributed by atoms with Gasteiger partial charge in [-0.3, -0.25) is 0 Å². The number of methoxy groups -OCH3 is 1. The van der Waals surface area contributed by atoms with E-state index in [1.807, 2.05) is 13.0 Å². The number of aryl methyl sites for hydroxylation is 3. The molecule has 2 nitrogen and oxygen atoms in total. The highest BCUT2D eigenvalue weighted by Crippen LogP contribution is 2.27. The first kappa shape index (κ1) is 13.6. The van der Waals surface area contributed by atoms with Gasteiger partial charge >= 0.3 is 0 Å². The molecule has 0 aliphatic rings. The monoisotopic (exact) mass is 255 g/mol. The molecule has 2 rings (SSSR count). The Hall–Kier alpha value is -1.80. The minimum absolute atomic E-state index is 0.116. The average molecular weight is 255 g/mol. The van der Waals surface area contributed by atoms with Crippen LogP contribution >= 0.6 is 0 Å². The zero-order valence-corrected chi connectivity index (χ0v) is 12.0. The van der Waals surface area contributed by atoms with Crippen molar-refractivity contribution in [3.63, 3.8) is 0 Å². The van der Waals surface area contributed by atoms with Gasteiger partial charge in [-0.15, -0.1) is 0 Å². The first-order valence-corrected chi connectivity index (χ1v) is 6.50. The van der Waals surface area contributed by atoms with Crippen LogP contribution in [0.25, 0.3) is 0 Å². The van der Waals surface area contributed by atoms with E-state index >= 15 is 0 Å². The van der Waals surface area contributed by atoms with Crippen molar-refractivity contribution in [3.05, 3.63) is 64.2 Å². The maximum atomic E-state index is 6.39. The highest BCUT2D eigenvalue weighted by Gasteiger charge is 2.13. The normalized spacial score (nSPS) is 12.3. The summed E-state index contributed by atoms with van der Waals surface area (Å²) in [7, 11) is 1.69. The molecule has 0 fully saturated rings. The van der Waals surface area contributed by atoms with Gasteiger partial charge in [-0.05, 0) is 49.1 Å². The van der Waals surface area contributed by atoms with Gasteiger partial charge in [-0.2, -0.15) is 0 Å². The van der Waals surface area contributed by atoms with Crippen molar-refractivity contribution in [2.45, 2.75) is 26.8 Å². The predicted octanol–water partition coefficient (Wildman–Crippen LogP) is 3.67. The third-order valence-electron chi connectivity index (χ3n) is 3.55. The molecular weight excluding hydrogens is 234 g/mol. The fourth-order valence-corrected chi connectivity index (χ4v) is 2.38. The van der Waals surface area contributed by atoms with Gasteiger partial charge in [0.15, 0.2) is 0 Å². The van der Waals surface area contributed by atoms with Crippen molar-refractivity contribution in [2.24, 2.45) is 5.73 Å². The molecule has 1 atom stereocenters. The minimum Gasteiger partial charge on any atom is -0.496 e. The Morgan fingerprint density at radius 2 is 1.68 bits per heavy atom. The van der Waals surface area contributed by atoms with E-state index in [1.165, 1.54) is 11.1 Å². The van der Waals surface area contributed by atoms with E-state index in [1.54, 1.807) is 7.11 Å². The smallest absolute Gasteiger partial charge is 0.122 e. The van der Waals surface area contributed by atoms with E-state index in [9.17, 15) is 0 Å². The summed E-state index contributed by atoms with van der Waals surface area (Å²) in [6.45, 7) is 6.23. The SMILES string of the molecule is COc1cc(C(N)c2ccc(C)cc2C)ccc1C. The summed E-state index contributed by atoms with van der Waals surface area (Å²) in [4.78, 5) is 0. The number of ether oxygens (including phenoxy) is 1. The van der Waals surface area contributed by atoms with Gasteiger partial charge in [0.25, 0.3) is 0 Å². The second kappa shape index (κ2) is 5.45. The van der Waals surface area contributed by atoms with Crippen LogP contribution in [-0.4, -0.2) is 7.11 Å². The van der Waals surface area contributed by atoms with Crippen LogP contribution in [0.1, 0.15) is 33.9 Å². The molecule has 2 aromatic carbocycles. The predicted molar refractivity (Wildman–Crippen MR) is 79.7 cm³/mol. The summed E-state index contributed by atoms with van der Waals surface area (Å²) in [6, 6.07) is 12.4. The lowest BCUT2D eigenvalue weighted by Crippen LogP contribution is -2.13. The van der Waals surface area contributed by atoms with Crippen molar-refractivity contribution in [3.8, 4) is 5.75 Å². The first-order valence-electron chi connectivity index (χ1n) is 6.50. The zero-order chi connectivity index (χ0) is 14.0. The van der Waals surface area contributed by atoms with Crippen molar-refractivity contribution >= 4 is 0 Å². The van der Waals surface area contributed by atoms with E-state index in [2.05, 4.69) is 44.2 Å². The van der Waals surface area contributed by atoms with E-state index in [4.69, 9.17) is 10.5 Å². The van der Waals surface area contributed by atoms with Gasteiger partial charge in [0.1, 0.15) is 5.75 Å². The number of rotatable bonds is 3. The third-order valence-corrected chi connectivity index (χ3v) is 3.55. The largest absolute Gasteiger partial charge is 0.496 e. The van der Waals surface area contributed by atoms with E-state index in [0.717, 1.165) is 22.4 Å². The van der Waals surface area contributed by atoms with Crippen LogP contribution in [0, 0.1) is 20.8 Å². The molecule has 2 heteroatoms. The maximum absolute atomic E-state index is 6.39. The molecule has 0 spiro atoms. The molecule has 100 valence electrons. The van der Waals surface area contributed by atoms with Gasteiger partial charge < -0.3 is 10.5 Å². The van der Waals surface area contributed by atoms with Crippen molar-refractivity contribution < 1.29 is 4.74 Å². The number of hydrogen-bond donors (Lipinski definition) is 1. The van der Waals surface area contributed by atoms with Crippen LogP contribution in [0.2, 0.25) is 0 Å². The molecule has 1 unspecified atom stereocenters. The Kier molecular flexibility index (Phi) is 3.91. The lowest BCUT2D eigenvalue weighted by molar-refractivity contribution is 0.411. The Balaban J connectivity index is 2.40. The standard InChI is InChI=1S/C17H21NO/c1-11-5-8-15(13(3)9-11)17(18)14-7-6-12(2)16(10-14)19-4/h5-10,17H,18H2,1-4H3. The highest BCUT2D eigenvalue weighted by atomic mass is 16.5. The first-order chi connectivity index (χ1) is 9.02. The molecule has 19 heavy (non-hydrogen) atoms. The Morgan fingerprint density at radius 3 is 2.32 bits per heavy atom. The molecule has 0 saturated carbocycles. The van der Waals surface area contributed by atoms with Gasteiger partial charge in [0.05, 0.1) is 13.2 Å².